The van der Waals surface area contributed by atoms with Crippen LogP contribution in [0.15, 0.2) is 58.1 Å². The minimum Gasteiger partial charge on any atom is -0.493 e. The lowest BCUT2D eigenvalue weighted by Crippen LogP contribution is -2.49. The van der Waals surface area contributed by atoms with E-state index in [0.717, 1.165) is 11.3 Å². The molecule has 0 spiro atoms. The first kappa shape index (κ1) is 32.7. The fourth-order valence-corrected chi connectivity index (χ4v) is 7.84. The van der Waals surface area contributed by atoms with E-state index in [9.17, 15) is 31.2 Å². The molecule has 1 aromatic heterocycles. The third-order valence-corrected chi connectivity index (χ3v) is 10.7. The molecule has 0 radical (unpaired) electrons. The van der Waals surface area contributed by atoms with Gasteiger partial charge in [-0.3, -0.25) is 19.4 Å². The topological polar surface area (TPSA) is 108 Å². The summed E-state index contributed by atoms with van der Waals surface area (Å²) in [6.45, 7) is -0.0968. The molecule has 242 valence electrons. The molecule has 3 heterocycles. The molecule has 1 N–H and O–H groups in total. The molecule has 0 aliphatic carbocycles. The number of imide groups is 1. The predicted octanol–water partition coefficient (Wildman–Crippen LogP) is 4.55. The summed E-state index contributed by atoms with van der Waals surface area (Å²) in [7, 11) is -0.742. The number of carbonyl (C=O) groups excluding carboxylic acids is 2. The summed E-state index contributed by atoms with van der Waals surface area (Å²) < 4.78 is 77.6. The van der Waals surface area contributed by atoms with Gasteiger partial charge >= 0.3 is 6.18 Å². The number of nitrogens with one attached hydrogen (secondary N) is 1. The number of rotatable bonds is 12. The van der Waals surface area contributed by atoms with Gasteiger partial charge in [0.2, 0.25) is 10.0 Å². The number of fused-ring (bicyclic) bond motifs is 1. The van der Waals surface area contributed by atoms with Crippen LogP contribution < -0.4 is 19.1 Å². The van der Waals surface area contributed by atoms with Crippen LogP contribution in [0.25, 0.3) is 0 Å². The number of sulfonamides is 1. The van der Waals surface area contributed by atoms with Crippen molar-refractivity contribution in [3.63, 3.8) is 0 Å². The Labute approximate surface area is 263 Å². The van der Waals surface area contributed by atoms with Crippen LogP contribution in [-0.4, -0.2) is 89.7 Å². The maximum atomic E-state index is 14.1. The minimum atomic E-state index is -4.30. The third kappa shape index (κ3) is 7.11. The van der Waals surface area contributed by atoms with Crippen LogP contribution in [0, 0.1) is 0 Å². The molecule has 2 amide bonds. The van der Waals surface area contributed by atoms with Crippen molar-refractivity contribution in [2.45, 2.75) is 29.3 Å². The molecule has 5 rings (SSSR count). The minimum absolute atomic E-state index is 0.0701. The van der Waals surface area contributed by atoms with Crippen molar-refractivity contribution in [1.82, 2.24) is 14.5 Å². The predicted molar refractivity (Wildman–Crippen MR) is 163 cm³/mol. The first-order valence-corrected chi connectivity index (χ1v) is 16.6. The zero-order valence-corrected chi connectivity index (χ0v) is 26.3. The van der Waals surface area contributed by atoms with Crippen LogP contribution in [0.5, 0.6) is 11.5 Å². The van der Waals surface area contributed by atoms with Crippen molar-refractivity contribution < 1.29 is 40.7 Å². The number of thiophene rings is 1. The van der Waals surface area contributed by atoms with E-state index in [0.29, 0.717) is 29.2 Å². The van der Waals surface area contributed by atoms with Crippen LogP contribution in [0.2, 0.25) is 0 Å². The Balaban J connectivity index is 1.40. The van der Waals surface area contributed by atoms with E-state index < -0.39 is 40.6 Å². The number of piperazine rings is 1. The Morgan fingerprint density at radius 3 is 2.33 bits per heavy atom. The molecule has 1 fully saturated rings. The zero-order chi connectivity index (χ0) is 32.4. The third-order valence-electron chi connectivity index (χ3n) is 7.85. The van der Waals surface area contributed by atoms with Gasteiger partial charge in [-0.2, -0.15) is 13.2 Å². The highest BCUT2D eigenvalue weighted by Gasteiger charge is 2.43. The van der Waals surface area contributed by atoms with Crippen LogP contribution in [0.4, 0.5) is 18.9 Å². The summed E-state index contributed by atoms with van der Waals surface area (Å²) in [5.41, 5.74) is 1.50. The Morgan fingerprint density at radius 2 is 1.69 bits per heavy atom. The van der Waals surface area contributed by atoms with Crippen LogP contribution >= 0.6 is 11.3 Å². The SMILES string of the molecule is COc1ccc([C@@H](CCCNS(=O)(=O)c2cccs2)N2C(=O)c3cccc(N4CCN(CC(F)(F)F)CC4)c3C2=O)cc1OC. The zero-order valence-electron chi connectivity index (χ0n) is 24.7. The molecule has 0 saturated carbocycles. The normalized spacial score (nSPS) is 16.6. The number of methoxy groups -OCH3 is 2. The van der Waals surface area contributed by atoms with Gasteiger partial charge in [0.15, 0.2) is 11.5 Å². The number of amides is 2. The van der Waals surface area contributed by atoms with Gasteiger partial charge in [-0.15, -0.1) is 11.3 Å². The number of hydrogen-bond acceptors (Lipinski definition) is 9. The van der Waals surface area contributed by atoms with Crippen LogP contribution in [-0.2, 0) is 10.0 Å². The summed E-state index contributed by atoms with van der Waals surface area (Å²) in [4.78, 5) is 32.3. The standard InChI is InChI=1S/C30H33F3N4O6S2/c1-42-24-11-10-20(18-25(24)43-2)22(8-4-12-34-45(40,41)26-9-5-17-44-26)37-28(38)21-6-3-7-23(27(21)29(37)39)36-15-13-35(14-16-36)19-30(31,32)33/h3,5-7,9-11,17-18,22,34H,4,8,12-16,19H2,1-2H3/t22-/m1/s1. The number of carbonyl (C=O) groups is 2. The van der Waals surface area contributed by atoms with Gasteiger partial charge in [-0.1, -0.05) is 18.2 Å². The first-order valence-electron chi connectivity index (χ1n) is 14.2. The number of ether oxygens (including phenoxy) is 2. The number of halogens is 3. The second-order valence-corrected chi connectivity index (χ2v) is 13.6. The maximum Gasteiger partial charge on any atom is 0.401 e. The molecule has 45 heavy (non-hydrogen) atoms. The van der Waals surface area contributed by atoms with Gasteiger partial charge in [0.05, 0.1) is 43.6 Å². The van der Waals surface area contributed by atoms with E-state index in [1.165, 1.54) is 30.1 Å². The summed E-state index contributed by atoms with van der Waals surface area (Å²) in [6, 6.07) is 12.4. The quantitative estimate of drug-likeness (QED) is 0.222. The summed E-state index contributed by atoms with van der Waals surface area (Å²) >= 11 is 1.10. The smallest absolute Gasteiger partial charge is 0.401 e. The van der Waals surface area contributed by atoms with E-state index in [-0.39, 0.29) is 54.5 Å². The molecule has 3 aromatic rings. The summed E-state index contributed by atoms with van der Waals surface area (Å²) in [5.74, 6) is -0.181. The summed E-state index contributed by atoms with van der Waals surface area (Å²) in [5, 5.41) is 1.67. The van der Waals surface area contributed by atoms with Crippen LogP contribution in [0.3, 0.4) is 0 Å². The van der Waals surface area contributed by atoms with Crippen molar-refractivity contribution in [3.05, 3.63) is 70.6 Å². The molecular formula is C30H33F3N4O6S2. The molecule has 2 aliphatic heterocycles. The summed E-state index contributed by atoms with van der Waals surface area (Å²) in [6.07, 6.45) is -3.77. The number of anilines is 1. The van der Waals surface area contributed by atoms with E-state index >= 15 is 0 Å². The van der Waals surface area contributed by atoms with Crippen molar-refractivity contribution in [2.75, 3.05) is 58.4 Å². The lowest BCUT2D eigenvalue weighted by Gasteiger charge is -2.37. The second kappa shape index (κ2) is 13.4. The Hall–Kier alpha value is -3.66. The Kier molecular flexibility index (Phi) is 9.72. The molecular weight excluding hydrogens is 633 g/mol. The monoisotopic (exact) mass is 666 g/mol. The average Bonchev–Trinajstić information content (AvgIpc) is 3.65. The fraction of sp³-hybridized carbons (Fsp3) is 0.400. The average molecular weight is 667 g/mol. The highest BCUT2D eigenvalue weighted by atomic mass is 32.2. The van der Waals surface area contributed by atoms with Crippen LogP contribution in [0.1, 0.15) is 45.2 Å². The molecule has 2 aromatic carbocycles. The van der Waals surface area contributed by atoms with Crippen molar-refractivity contribution in [3.8, 4) is 11.5 Å². The number of nitrogens with zero attached hydrogens (tertiary/aromatic N) is 3. The van der Waals surface area contributed by atoms with Crippen molar-refractivity contribution >= 4 is 38.9 Å². The highest BCUT2D eigenvalue weighted by molar-refractivity contribution is 7.91. The largest absolute Gasteiger partial charge is 0.493 e. The Bertz CT molecular complexity index is 1640. The van der Waals surface area contributed by atoms with Crippen molar-refractivity contribution in [2.24, 2.45) is 0 Å². The second-order valence-electron chi connectivity index (χ2n) is 10.7. The van der Waals surface area contributed by atoms with Gasteiger partial charge < -0.3 is 14.4 Å². The molecule has 10 nitrogen and oxygen atoms in total. The first-order chi connectivity index (χ1) is 21.4. The van der Waals surface area contributed by atoms with Gasteiger partial charge in [0.25, 0.3) is 11.8 Å². The molecule has 0 bridgehead atoms. The molecule has 15 heteroatoms. The molecule has 1 saturated heterocycles. The lowest BCUT2D eigenvalue weighted by atomic mass is 9.99. The van der Waals surface area contributed by atoms with Gasteiger partial charge in [-0.05, 0) is 54.1 Å². The van der Waals surface area contributed by atoms with E-state index in [2.05, 4.69) is 4.72 Å². The van der Waals surface area contributed by atoms with Gasteiger partial charge in [0.1, 0.15) is 4.21 Å². The maximum absolute atomic E-state index is 14.1. The van der Waals surface area contributed by atoms with E-state index in [4.69, 9.17) is 9.47 Å². The van der Waals surface area contributed by atoms with Gasteiger partial charge in [-0.25, -0.2) is 13.1 Å². The van der Waals surface area contributed by atoms with E-state index in [1.54, 1.807) is 47.8 Å². The molecule has 1 atom stereocenters. The fourth-order valence-electron chi connectivity index (χ4n) is 5.73. The van der Waals surface area contributed by atoms with Gasteiger partial charge in [0, 0.05) is 32.7 Å². The molecule has 2 aliphatic rings. The number of benzene rings is 2. The lowest BCUT2D eigenvalue weighted by molar-refractivity contribution is -0.146. The number of hydrogen-bond donors (Lipinski definition) is 1. The Morgan fingerprint density at radius 1 is 0.956 bits per heavy atom. The molecule has 0 unspecified atom stereocenters. The highest BCUT2D eigenvalue weighted by Crippen LogP contribution is 2.40. The van der Waals surface area contributed by atoms with E-state index in [1.807, 2.05) is 4.90 Å². The van der Waals surface area contributed by atoms with Crippen molar-refractivity contribution in [1.29, 1.82) is 0 Å². The number of alkyl halides is 3.